The Morgan fingerprint density at radius 3 is 1.06 bits per heavy atom. The van der Waals surface area contributed by atoms with Gasteiger partial charge in [0.1, 0.15) is 12.1 Å². The van der Waals surface area contributed by atoms with Crippen molar-refractivity contribution in [2.75, 3.05) is 7.05 Å². The smallest absolute Gasteiger partial charge is 0.243 e. The highest BCUT2D eigenvalue weighted by atomic mass is 16.2. The van der Waals surface area contributed by atoms with E-state index in [0.717, 1.165) is 0 Å². The number of ketones is 1. The zero-order valence-corrected chi connectivity index (χ0v) is 23.1. The first kappa shape index (κ1) is 32.0. The minimum absolute atomic E-state index is 0.107. The summed E-state index contributed by atoms with van der Waals surface area (Å²) >= 11 is 0. The van der Waals surface area contributed by atoms with Gasteiger partial charge in [-0.1, -0.05) is 55.4 Å². The van der Waals surface area contributed by atoms with Crippen LogP contribution in [0.2, 0.25) is 0 Å². The molecule has 198 valence electrons. The molecule has 4 atom stereocenters. The highest BCUT2D eigenvalue weighted by molar-refractivity contribution is 5.94. The van der Waals surface area contributed by atoms with Crippen molar-refractivity contribution in [3.8, 4) is 0 Å². The second-order valence-corrected chi connectivity index (χ2v) is 11.2. The summed E-state index contributed by atoms with van der Waals surface area (Å²) in [7, 11) is 1.73. The summed E-state index contributed by atoms with van der Waals surface area (Å²) in [6.45, 7) is 17.4. The van der Waals surface area contributed by atoms with Gasteiger partial charge in [0.15, 0.2) is 5.78 Å². The molecule has 0 aliphatic rings. The molecule has 0 spiro atoms. The Balaban J connectivity index is 5.58. The van der Waals surface area contributed by atoms with Crippen LogP contribution < -0.4 is 21.3 Å². The van der Waals surface area contributed by atoms with Crippen LogP contribution in [0.5, 0.6) is 0 Å². The maximum Gasteiger partial charge on any atom is 0.243 e. The number of hydrogen-bond acceptors (Lipinski definition) is 5. The van der Waals surface area contributed by atoms with E-state index in [1.807, 2.05) is 55.4 Å². The van der Waals surface area contributed by atoms with Crippen LogP contribution in [-0.2, 0) is 19.2 Å². The predicted octanol–water partition coefficient (Wildman–Crippen LogP) is 2.80. The molecule has 3 amide bonds. The fourth-order valence-electron chi connectivity index (χ4n) is 3.85. The van der Waals surface area contributed by atoms with Crippen LogP contribution in [0.15, 0.2) is 0 Å². The lowest BCUT2D eigenvalue weighted by Gasteiger charge is -2.28. The van der Waals surface area contributed by atoms with Crippen LogP contribution in [0, 0.1) is 23.7 Å². The third-order valence-electron chi connectivity index (χ3n) is 5.57. The Morgan fingerprint density at radius 1 is 0.500 bits per heavy atom. The standard InChI is InChI=1S/C26H50N4O4/c1-15(2)11-20(19(9)31)28-25(33)22(13-17(5)6)30-26(34)23(14-18(7)8)29-24(32)21(27-10)12-16(3)4/h15-18,20-23,27H,11-14H2,1-10H3,(H,28,33)(H,29,32)(H,30,34). The molecule has 0 aromatic carbocycles. The number of likely N-dealkylation sites (N-methyl/N-ethyl adjacent to an activating group) is 1. The minimum Gasteiger partial charge on any atom is -0.345 e. The molecule has 0 aromatic heterocycles. The molecule has 34 heavy (non-hydrogen) atoms. The van der Waals surface area contributed by atoms with E-state index in [2.05, 4.69) is 21.3 Å². The van der Waals surface area contributed by atoms with Crippen molar-refractivity contribution in [3.63, 3.8) is 0 Å². The molecule has 0 bridgehead atoms. The summed E-state index contributed by atoms with van der Waals surface area (Å²) in [6, 6.07) is -2.52. The van der Waals surface area contributed by atoms with Crippen LogP contribution >= 0.6 is 0 Å². The highest BCUT2D eigenvalue weighted by Crippen LogP contribution is 2.12. The summed E-state index contributed by atoms with van der Waals surface area (Å²) in [6.07, 6.45) is 2.07. The van der Waals surface area contributed by atoms with Gasteiger partial charge in [0, 0.05) is 0 Å². The predicted molar refractivity (Wildman–Crippen MR) is 137 cm³/mol. The van der Waals surface area contributed by atoms with Crippen molar-refractivity contribution in [3.05, 3.63) is 0 Å². The number of amides is 3. The number of nitrogens with one attached hydrogen (secondary N) is 4. The van der Waals surface area contributed by atoms with E-state index in [0.29, 0.717) is 31.6 Å². The number of Topliss-reactive ketones (excluding diaryl/α,β-unsaturated/α-hetero) is 1. The summed E-state index contributed by atoms with van der Waals surface area (Å²) in [4.78, 5) is 51.2. The normalized spacial score (nSPS) is 15.2. The van der Waals surface area contributed by atoms with E-state index in [4.69, 9.17) is 0 Å². The number of hydrogen-bond donors (Lipinski definition) is 4. The molecule has 4 unspecified atom stereocenters. The summed E-state index contributed by atoms with van der Waals surface area (Å²) in [5.74, 6) is -0.214. The number of carbonyl (C=O) groups excluding carboxylic acids is 4. The zero-order chi connectivity index (χ0) is 26.6. The lowest BCUT2D eigenvalue weighted by molar-refractivity contribution is -0.134. The Labute approximate surface area is 207 Å². The second kappa shape index (κ2) is 15.8. The fraction of sp³-hybridized carbons (Fsp3) is 0.846. The van der Waals surface area contributed by atoms with E-state index in [1.54, 1.807) is 7.05 Å². The van der Waals surface area contributed by atoms with E-state index in [9.17, 15) is 19.2 Å². The molecular formula is C26H50N4O4. The van der Waals surface area contributed by atoms with Gasteiger partial charge in [-0.15, -0.1) is 0 Å². The molecule has 0 aromatic rings. The van der Waals surface area contributed by atoms with Gasteiger partial charge >= 0.3 is 0 Å². The van der Waals surface area contributed by atoms with Gasteiger partial charge in [0.25, 0.3) is 0 Å². The Hall–Kier alpha value is -1.96. The van der Waals surface area contributed by atoms with Crippen molar-refractivity contribution in [2.45, 2.75) is 112 Å². The third-order valence-corrected chi connectivity index (χ3v) is 5.57. The maximum atomic E-state index is 13.2. The Kier molecular flexibility index (Phi) is 14.9. The molecular weight excluding hydrogens is 432 g/mol. The van der Waals surface area contributed by atoms with Crippen LogP contribution in [0.25, 0.3) is 0 Å². The Bertz CT molecular complexity index is 661. The SMILES string of the molecule is CNC(CC(C)C)C(=O)NC(CC(C)C)C(=O)NC(CC(C)C)C(=O)NC(CC(C)C)C(C)=O. The van der Waals surface area contributed by atoms with Crippen LogP contribution in [-0.4, -0.2) is 54.7 Å². The van der Waals surface area contributed by atoms with Crippen molar-refractivity contribution in [1.82, 2.24) is 21.3 Å². The molecule has 8 heteroatoms. The first-order chi connectivity index (χ1) is 15.7. The minimum atomic E-state index is -0.788. The molecule has 0 saturated heterocycles. The molecule has 0 rings (SSSR count). The van der Waals surface area contributed by atoms with Crippen LogP contribution in [0.1, 0.15) is 88.0 Å². The maximum absolute atomic E-state index is 13.2. The summed E-state index contributed by atoms with van der Waals surface area (Å²) < 4.78 is 0. The van der Waals surface area contributed by atoms with Gasteiger partial charge in [-0.3, -0.25) is 19.2 Å². The van der Waals surface area contributed by atoms with Crippen molar-refractivity contribution < 1.29 is 19.2 Å². The third kappa shape index (κ3) is 13.1. The fourth-order valence-corrected chi connectivity index (χ4v) is 3.85. The average Bonchev–Trinajstić information content (AvgIpc) is 2.68. The second-order valence-electron chi connectivity index (χ2n) is 11.2. The quantitative estimate of drug-likeness (QED) is 0.270. The molecule has 8 nitrogen and oxygen atoms in total. The highest BCUT2D eigenvalue weighted by Gasteiger charge is 2.31. The molecule has 0 aliphatic carbocycles. The molecule has 0 fully saturated rings. The molecule has 0 saturated carbocycles. The first-order valence-corrected chi connectivity index (χ1v) is 12.8. The van der Waals surface area contributed by atoms with E-state index < -0.39 is 24.2 Å². The van der Waals surface area contributed by atoms with Gasteiger partial charge in [-0.05, 0) is 63.3 Å². The largest absolute Gasteiger partial charge is 0.345 e. The van der Waals surface area contributed by atoms with Crippen molar-refractivity contribution in [1.29, 1.82) is 0 Å². The van der Waals surface area contributed by atoms with Crippen molar-refractivity contribution >= 4 is 23.5 Å². The number of rotatable bonds is 16. The molecule has 0 aliphatic heterocycles. The van der Waals surface area contributed by atoms with E-state index in [1.165, 1.54) is 6.92 Å². The van der Waals surface area contributed by atoms with Gasteiger partial charge in [-0.25, -0.2) is 0 Å². The molecule has 0 heterocycles. The van der Waals surface area contributed by atoms with Crippen molar-refractivity contribution in [2.24, 2.45) is 23.7 Å². The summed E-state index contributed by atoms with van der Waals surface area (Å²) in [5.41, 5.74) is 0. The lowest BCUT2D eigenvalue weighted by Crippen LogP contribution is -2.57. The van der Waals surface area contributed by atoms with Gasteiger partial charge in [0.05, 0.1) is 12.1 Å². The van der Waals surface area contributed by atoms with Crippen LogP contribution in [0.3, 0.4) is 0 Å². The first-order valence-electron chi connectivity index (χ1n) is 12.8. The van der Waals surface area contributed by atoms with Gasteiger partial charge < -0.3 is 21.3 Å². The monoisotopic (exact) mass is 482 g/mol. The summed E-state index contributed by atoms with van der Waals surface area (Å²) in [5, 5.41) is 11.6. The topological polar surface area (TPSA) is 116 Å². The van der Waals surface area contributed by atoms with E-state index >= 15 is 0 Å². The zero-order valence-electron chi connectivity index (χ0n) is 23.1. The lowest BCUT2D eigenvalue weighted by atomic mass is 9.97. The van der Waals surface area contributed by atoms with E-state index in [-0.39, 0.29) is 41.3 Å². The molecule has 4 N–H and O–H groups in total. The van der Waals surface area contributed by atoms with Crippen LogP contribution in [0.4, 0.5) is 0 Å². The molecule has 0 radical (unpaired) electrons. The average molecular weight is 483 g/mol. The number of carbonyl (C=O) groups is 4. The van der Waals surface area contributed by atoms with Gasteiger partial charge in [-0.2, -0.15) is 0 Å². The Morgan fingerprint density at radius 2 is 0.765 bits per heavy atom. The van der Waals surface area contributed by atoms with Gasteiger partial charge in [0.2, 0.25) is 17.7 Å².